The number of aromatic hydroxyl groups is 1. The Labute approximate surface area is 132 Å². The normalized spacial score (nSPS) is 14.5. The van der Waals surface area contributed by atoms with Gasteiger partial charge in [-0.3, -0.25) is 4.79 Å². The van der Waals surface area contributed by atoms with Gasteiger partial charge in [-0.15, -0.1) is 0 Å². The van der Waals surface area contributed by atoms with E-state index in [0.717, 1.165) is 4.90 Å². The molecule has 1 heterocycles. The number of imide groups is 1. The van der Waals surface area contributed by atoms with Crippen LogP contribution in [-0.4, -0.2) is 43.5 Å². The first kappa shape index (κ1) is 15.3. The second-order valence-electron chi connectivity index (χ2n) is 5.28. The third kappa shape index (κ3) is 2.23. The van der Waals surface area contributed by atoms with Crippen LogP contribution in [0.3, 0.4) is 0 Å². The summed E-state index contributed by atoms with van der Waals surface area (Å²) < 4.78 is 4.93. The Kier molecular flexibility index (Phi) is 3.94. The lowest BCUT2D eigenvalue weighted by Crippen LogP contribution is -2.37. The molecule has 1 aliphatic heterocycles. The van der Waals surface area contributed by atoms with Crippen LogP contribution in [-0.2, 0) is 4.74 Å². The summed E-state index contributed by atoms with van der Waals surface area (Å²) in [4.78, 5) is 37.6. The number of aldehydes is 1. The van der Waals surface area contributed by atoms with Crippen LogP contribution in [0.4, 0.5) is 0 Å². The molecule has 0 aliphatic carbocycles. The minimum atomic E-state index is -0.576. The zero-order valence-electron chi connectivity index (χ0n) is 12.5. The number of hydrogen-bond donors (Lipinski definition) is 1. The van der Waals surface area contributed by atoms with Crippen molar-refractivity contribution in [2.75, 3.05) is 20.3 Å². The summed E-state index contributed by atoms with van der Waals surface area (Å²) >= 11 is 0. The Morgan fingerprint density at radius 2 is 1.78 bits per heavy atom. The van der Waals surface area contributed by atoms with Gasteiger partial charge in [0, 0.05) is 18.9 Å². The van der Waals surface area contributed by atoms with Gasteiger partial charge in [-0.2, -0.15) is 0 Å². The SMILES string of the molecule is COCCC[N+]1C(=O)c2c(O)c(C=O)c3ccccc3c2C1=O. The predicted molar refractivity (Wildman–Crippen MR) is 83.2 cm³/mol. The largest absolute Gasteiger partial charge is 0.506 e. The maximum Gasteiger partial charge on any atom is 0.406 e. The van der Waals surface area contributed by atoms with Crippen molar-refractivity contribution in [2.24, 2.45) is 0 Å². The van der Waals surface area contributed by atoms with Crippen molar-refractivity contribution in [3.8, 4) is 5.75 Å². The molecule has 1 radical (unpaired) electrons. The minimum Gasteiger partial charge on any atom is -0.506 e. The van der Waals surface area contributed by atoms with Crippen LogP contribution in [0.5, 0.6) is 5.75 Å². The van der Waals surface area contributed by atoms with Gasteiger partial charge in [0.15, 0.2) is 6.29 Å². The van der Waals surface area contributed by atoms with Crippen LogP contribution in [0.25, 0.3) is 10.8 Å². The zero-order valence-corrected chi connectivity index (χ0v) is 12.5. The molecule has 2 aromatic carbocycles. The number of phenolic OH excluding ortho intramolecular Hbond substituents is 1. The Balaban J connectivity index is 2.20. The molecule has 6 nitrogen and oxygen atoms in total. The summed E-state index contributed by atoms with van der Waals surface area (Å²) in [5.74, 6) is -1.46. The molecular weight excluding hydrogens is 298 g/mol. The summed E-state index contributed by atoms with van der Waals surface area (Å²) in [6.07, 6.45) is 1.00. The summed E-state index contributed by atoms with van der Waals surface area (Å²) in [6.45, 7) is 0.615. The molecule has 0 bridgehead atoms. The van der Waals surface area contributed by atoms with Crippen molar-refractivity contribution >= 4 is 28.9 Å². The Morgan fingerprint density at radius 1 is 1.13 bits per heavy atom. The fourth-order valence-electron chi connectivity index (χ4n) is 2.93. The first-order valence-electron chi connectivity index (χ1n) is 7.19. The van der Waals surface area contributed by atoms with Crippen molar-refractivity contribution in [3.63, 3.8) is 0 Å². The van der Waals surface area contributed by atoms with Gasteiger partial charge in [0.2, 0.25) is 0 Å². The Morgan fingerprint density at radius 3 is 2.43 bits per heavy atom. The summed E-state index contributed by atoms with van der Waals surface area (Å²) in [5.41, 5.74) is 0.0959. The van der Waals surface area contributed by atoms with E-state index in [0.29, 0.717) is 30.1 Å². The highest BCUT2D eigenvalue weighted by molar-refractivity contribution is 6.31. The van der Waals surface area contributed by atoms with Crippen molar-refractivity contribution in [1.82, 2.24) is 4.90 Å². The average Bonchev–Trinajstić information content (AvgIpc) is 2.81. The molecule has 0 unspecified atom stereocenters. The first-order valence-corrected chi connectivity index (χ1v) is 7.19. The quantitative estimate of drug-likeness (QED) is 0.394. The van der Waals surface area contributed by atoms with Gasteiger partial charge in [0.1, 0.15) is 23.4 Å². The van der Waals surface area contributed by atoms with E-state index < -0.39 is 17.6 Å². The molecular formula is C17H15NO5+. The number of nitrogens with zero attached hydrogens (tertiary/aromatic N) is 1. The van der Waals surface area contributed by atoms with Crippen molar-refractivity contribution < 1.29 is 24.2 Å². The lowest BCUT2D eigenvalue weighted by Gasteiger charge is -2.06. The third-order valence-electron chi connectivity index (χ3n) is 3.99. The first-order chi connectivity index (χ1) is 11.1. The molecule has 0 atom stereocenters. The summed E-state index contributed by atoms with van der Waals surface area (Å²) in [7, 11) is 1.54. The smallest absolute Gasteiger partial charge is 0.406 e. The van der Waals surface area contributed by atoms with Crippen molar-refractivity contribution in [1.29, 1.82) is 0 Å². The number of carbonyl (C=O) groups is 3. The lowest BCUT2D eigenvalue weighted by molar-refractivity contribution is 0.0759. The standard InChI is InChI=1S/C17H15NO5/c1-23-8-4-7-18-16(21)13-11-6-3-2-5-10(11)12(9-19)15(20)14(13)17(18)22/h2-3,5-6,9,20H,4,7-8H2,1H3/q+1. The molecule has 117 valence electrons. The monoisotopic (exact) mass is 313 g/mol. The molecule has 2 amide bonds. The van der Waals surface area contributed by atoms with Gasteiger partial charge in [0.05, 0.1) is 12.2 Å². The topological polar surface area (TPSA) is 86.6 Å². The van der Waals surface area contributed by atoms with Crippen LogP contribution in [0, 0.1) is 0 Å². The van der Waals surface area contributed by atoms with Crippen LogP contribution in [0.15, 0.2) is 24.3 Å². The highest BCUT2D eigenvalue weighted by Crippen LogP contribution is 2.38. The predicted octanol–water partition coefficient (Wildman–Crippen LogP) is 1.83. The molecule has 1 N–H and O–H groups in total. The Hall–Kier alpha value is -2.57. The van der Waals surface area contributed by atoms with Gasteiger partial charge in [-0.05, 0) is 10.3 Å². The molecule has 6 heteroatoms. The highest BCUT2D eigenvalue weighted by Gasteiger charge is 2.50. The van der Waals surface area contributed by atoms with E-state index in [4.69, 9.17) is 4.74 Å². The number of hydrogen-bond acceptors (Lipinski definition) is 5. The third-order valence-corrected chi connectivity index (χ3v) is 3.99. The number of benzene rings is 2. The zero-order chi connectivity index (χ0) is 16.6. The molecule has 0 spiro atoms. The molecule has 1 aliphatic rings. The molecule has 23 heavy (non-hydrogen) atoms. The average molecular weight is 313 g/mol. The van der Waals surface area contributed by atoms with Gasteiger partial charge in [-0.25, -0.2) is 9.59 Å². The van der Waals surface area contributed by atoms with Gasteiger partial charge in [-0.1, -0.05) is 24.3 Å². The Bertz CT molecular complexity index is 827. The van der Waals surface area contributed by atoms with Crippen LogP contribution in [0.1, 0.15) is 37.5 Å². The second kappa shape index (κ2) is 5.91. The number of phenols is 1. The number of fused-ring (bicyclic) bond motifs is 3. The second-order valence-corrected chi connectivity index (χ2v) is 5.28. The van der Waals surface area contributed by atoms with Crippen molar-refractivity contribution in [3.05, 3.63) is 41.0 Å². The number of ether oxygens (including phenoxy) is 1. The van der Waals surface area contributed by atoms with E-state index in [1.807, 2.05) is 0 Å². The minimum absolute atomic E-state index is 0.0271. The highest BCUT2D eigenvalue weighted by atomic mass is 16.5. The maximum atomic E-state index is 12.6. The van der Waals surface area contributed by atoms with Crippen molar-refractivity contribution in [2.45, 2.75) is 6.42 Å². The van der Waals surface area contributed by atoms with Crippen LogP contribution in [0.2, 0.25) is 0 Å². The van der Waals surface area contributed by atoms with Gasteiger partial charge in [0.25, 0.3) is 0 Å². The fraction of sp³-hybridized carbons (Fsp3) is 0.235. The van der Waals surface area contributed by atoms with E-state index in [2.05, 4.69) is 0 Å². The van der Waals surface area contributed by atoms with E-state index in [1.165, 1.54) is 7.11 Å². The lowest BCUT2D eigenvalue weighted by atomic mass is 9.95. The summed E-state index contributed by atoms with van der Waals surface area (Å²) in [6, 6.07) is 6.74. The number of methoxy groups -OCH3 is 1. The molecule has 2 aromatic rings. The fourth-order valence-corrected chi connectivity index (χ4v) is 2.93. The van der Waals surface area contributed by atoms with E-state index in [-0.39, 0.29) is 23.2 Å². The van der Waals surface area contributed by atoms with E-state index >= 15 is 0 Å². The van der Waals surface area contributed by atoms with E-state index in [9.17, 15) is 19.5 Å². The van der Waals surface area contributed by atoms with E-state index in [1.54, 1.807) is 24.3 Å². The molecule has 0 fully saturated rings. The van der Waals surface area contributed by atoms with Gasteiger partial charge < -0.3 is 9.84 Å². The number of rotatable bonds is 5. The summed E-state index contributed by atoms with van der Waals surface area (Å²) in [5, 5.41) is 11.3. The molecule has 0 aromatic heterocycles. The number of amides is 2. The molecule has 0 saturated carbocycles. The van der Waals surface area contributed by atoms with Gasteiger partial charge >= 0.3 is 11.8 Å². The van der Waals surface area contributed by atoms with Crippen LogP contribution < -0.4 is 4.90 Å². The molecule has 0 saturated heterocycles. The maximum absolute atomic E-state index is 12.6. The molecule has 3 rings (SSSR count). The number of carbonyl (C=O) groups excluding carboxylic acids is 3. The van der Waals surface area contributed by atoms with Crippen LogP contribution >= 0.6 is 0 Å².